The van der Waals surface area contributed by atoms with E-state index in [2.05, 4.69) is 36.9 Å². The van der Waals surface area contributed by atoms with Crippen LogP contribution in [0.15, 0.2) is 50.6 Å². The van der Waals surface area contributed by atoms with Crippen molar-refractivity contribution in [3.63, 3.8) is 0 Å². The number of nitrogens with zero attached hydrogens (tertiary/aromatic N) is 2. The summed E-state index contributed by atoms with van der Waals surface area (Å²) >= 11 is 1.71. The summed E-state index contributed by atoms with van der Waals surface area (Å²) in [5, 5.41) is 0. The minimum Gasteiger partial charge on any atom is -0.381 e. The molecular formula is C19H17BN2S. The van der Waals surface area contributed by atoms with E-state index in [9.17, 15) is 0 Å². The molecule has 3 aromatic rings. The van der Waals surface area contributed by atoms with Crippen molar-refractivity contribution >= 4 is 58.2 Å². The molecule has 0 N–H and O–H groups in total. The number of rotatable bonds is 6. The molecule has 1 aromatic carbocycles. The van der Waals surface area contributed by atoms with Gasteiger partial charge in [0.2, 0.25) is 0 Å². The van der Waals surface area contributed by atoms with Crippen LogP contribution in [0, 0.1) is 0 Å². The Labute approximate surface area is 141 Å². The molecule has 0 aliphatic rings. The maximum Gasteiger partial charge on any atom is 0.310 e. The predicted octanol–water partition coefficient (Wildman–Crippen LogP) is 4.19. The van der Waals surface area contributed by atoms with Crippen LogP contribution in [-0.2, 0) is 0 Å². The Morgan fingerprint density at radius 1 is 0.913 bits per heavy atom. The molecule has 0 unspecified atom stereocenters. The van der Waals surface area contributed by atoms with Gasteiger partial charge in [-0.25, -0.2) is 4.98 Å². The molecule has 112 valence electrons. The van der Waals surface area contributed by atoms with E-state index in [1.54, 1.807) is 11.3 Å². The second kappa shape index (κ2) is 6.27. The lowest BCUT2D eigenvalue weighted by atomic mass is 9.94. The number of hydrogen-bond acceptors (Lipinski definition) is 2. The second-order valence-corrected chi connectivity index (χ2v) is 6.19. The highest BCUT2D eigenvalue weighted by Crippen LogP contribution is 2.27. The molecule has 23 heavy (non-hydrogen) atoms. The fourth-order valence-corrected chi connectivity index (χ4v) is 3.82. The summed E-state index contributed by atoms with van der Waals surface area (Å²) in [6.07, 6.45) is 7.39. The molecule has 2 nitrogen and oxygen atoms in total. The summed E-state index contributed by atoms with van der Waals surface area (Å²) in [7, 11) is 0.677. The smallest absolute Gasteiger partial charge is 0.310 e. The molecule has 0 saturated heterocycles. The van der Waals surface area contributed by atoms with Crippen LogP contribution in [0.1, 0.15) is 22.5 Å². The third-order valence-corrected chi connectivity index (χ3v) is 4.87. The fourth-order valence-electron chi connectivity index (χ4n) is 2.86. The molecule has 0 fully saturated rings. The van der Waals surface area contributed by atoms with Gasteiger partial charge in [0.1, 0.15) is 0 Å². The topological polar surface area (TPSA) is 17.8 Å². The van der Waals surface area contributed by atoms with Crippen LogP contribution in [0.3, 0.4) is 0 Å². The van der Waals surface area contributed by atoms with Gasteiger partial charge in [-0.15, -0.1) is 11.3 Å². The standard InChI is InChI=1S/C19H17BN2S/c1-5-13-14(6-2)17(8-4)22(16(13)7-3)20-19-21-15-11-9-10-12-18(15)23-19/h5-12,20H,1-4H2. The van der Waals surface area contributed by atoms with Gasteiger partial charge in [-0.3, -0.25) is 0 Å². The second-order valence-electron chi connectivity index (χ2n) is 5.08. The predicted molar refractivity (Wildman–Crippen MR) is 107 cm³/mol. The Morgan fingerprint density at radius 3 is 2.04 bits per heavy atom. The van der Waals surface area contributed by atoms with Crippen LogP contribution < -0.4 is 4.91 Å². The Balaban J connectivity index is 2.16. The van der Waals surface area contributed by atoms with Crippen molar-refractivity contribution in [2.75, 3.05) is 0 Å². The number of fused-ring (bicyclic) bond motifs is 1. The summed E-state index contributed by atoms with van der Waals surface area (Å²) in [4.78, 5) is 5.78. The average molecular weight is 316 g/mol. The molecule has 3 rings (SSSR count). The lowest BCUT2D eigenvalue weighted by Crippen LogP contribution is -2.23. The van der Waals surface area contributed by atoms with Crippen LogP contribution in [0.25, 0.3) is 34.5 Å². The molecular weight excluding hydrogens is 299 g/mol. The Hall–Kier alpha value is -2.59. The normalized spacial score (nSPS) is 10.4. The van der Waals surface area contributed by atoms with Gasteiger partial charge >= 0.3 is 7.41 Å². The minimum atomic E-state index is 0.677. The zero-order valence-electron chi connectivity index (χ0n) is 13.0. The number of benzene rings is 1. The van der Waals surface area contributed by atoms with E-state index >= 15 is 0 Å². The molecule has 0 bridgehead atoms. The zero-order valence-corrected chi connectivity index (χ0v) is 13.8. The van der Waals surface area contributed by atoms with Crippen molar-refractivity contribution in [2.45, 2.75) is 0 Å². The lowest BCUT2D eigenvalue weighted by molar-refractivity contribution is 1.19. The van der Waals surface area contributed by atoms with E-state index in [1.807, 2.05) is 42.5 Å². The van der Waals surface area contributed by atoms with Gasteiger partial charge in [-0.05, 0) is 24.3 Å². The number of thiazole rings is 1. The van der Waals surface area contributed by atoms with Crippen molar-refractivity contribution in [1.29, 1.82) is 0 Å². The Kier molecular flexibility index (Phi) is 4.17. The first-order chi connectivity index (χ1) is 11.2. The van der Waals surface area contributed by atoms with Crippen LogP contribution in [0.5, 0.6) is 0 Å². The summed E-state index contributed by atoms with van der Waals surface area (Å²) in [5.74, 6) is 0. The SMILES string of the molecule is C=Cc1c(C=C)c(C=C)n(Bc2nc3ccccc3s2)c1C=C. The lowest BCUT2D eigenvalue weighted by Gasteiger charge is -2.07. The summed E-state index contributed by atoms with van der Waals surface area (Å²) in [6, 6.07) is 8.19. The largest absolute Gasteiger partial charge is 0.381 e. The van der Waals surface area contributed by atoms with Crippen LogP contribution >= 0.6 is 11.3 Å². The van der Waals surface area contributed by atoms with Crippen LogP contribution in [-0.4, -0.2) is 16.9 Å². The van der Waals surface area contributed by atoms with Gasteiger partial charge in [0, 0.05) is 22.5 Å². The average Bonchev–Trinajstić information content (AvgIpc) is 3.11. The third kappa shape index (κ3) is 2.51. The summed E-state index contributed by atoms with van der Waals surface area (Å²) in [6.45, 7) is 15.8. The Bertz CT molecular complexity index is 860. The third-order valence-electron chi connectivity index (χ3n) is 3.85. The number of aromatic nitrogens is 2. The quantitative estimate of drug-likeness (QED) is 0.623. The summed E-state index contributed by atoms with van der Waals surface area (Å²) < 4.78 is 3.37. The molecule has 2 aromatic heterocycles. The van der Waals surface area contributed by atoms with Gasteiger partial charge in [0.15, 0.2) is 0 Å². The van der Waals surface area contributed by atoms with Crippen molar-refractivity contribution in [3.8, 4) is 0 Å². The van der Waals surface area contributed by atoms with E-state index in [-0.39, 0.29) is 0 Å². The molecule has 4 heteroatoms. The first-order valence-corrected chi connectivity index (χ1v) is 8.15. The van der Waals surface area contributed by atoms with Crippen molar-refractivity contribution in [1.82, 2.24) is 9.46 Å². The van der Waals surface area contributed by atoms with Crippen LogP contribution in [0.4, 0.5) is 0 Å². The van der Waals surface area contributed by atoms with E-state index in [0.717, 1.165) is 32.9 Å². The minimum absolute atomic E-state index is 0.677. The highest BCUT2D eigenvalue weighted by Gasteiger charge is 2.18. The van der Waals surface area contributed by atoms with E-state index in [4.69, 9.17) is 4.98 Å². The monoisotopic (exact) mass is 316 g/mol. The van der Waals surface area contributed by atoms with Crippen molar-refractivity contribution in [2.24, 2.45) is 0 Å². The first-order valence-electron chi connectivity index (χ1n) is 7.34. The molecule has 0 radical (unpaired) electrons. The van der Waals surface area contributed by atoms with E-state index in [0.29, 0.717) is 7.41 Å². The van der Waals surface area contributed by atoms with Gasteiger partial charge in [0.05, 0.1) is 15.1 Å². The molecule has 0 spiro atoms. The maximum absolute atomic E-state index is 4.73. The molecule has 0 amide bonds. The van der Waals surface area contributed by atoms with Crippen molar-refractivity contribution in [3.05, 3.63) is 73.1 Å². The van der Waals surface area contributed by atoms with Gasteiger partial charge in [-0.1, -0.05) is 50.6 Å². The Morgan fingerprint density at radius 2 is 1.52 bits per heavy atom. The van der Waals surface area contributed by atoms with Crippen LogP contribution in [0.2, 0.25) is 0 Å². The maximum atomic E-state index is 4.73. The molecule has 2 heterocycles. The van der Waals surface area contributed by atoms with E-state index in [1.165, 1.54) is 4.70 Å². The first kappa shape index (κ1) is 15.3. The fraction of sp³-hybridized carbons (Fsp3) is 0. The zero-order chi connectivity index (χ0) is 16.4. The molecule has 0 aliphatic carbocycles. The number of hydrogen-bond donors (Lipinski definition) is 0. The highest BCUT2D eigenvalue weighted by molar-refractivity contribution is 7.26. The molecule has 0 saturated carbocycles. The molecule has 0 atom stereocenters. The molecule has 0 aliphatic heterocycles. The van der Waals surface area contributed by atoms with E-state index < -0.39 is 0 Å². The number of para-hydroxylation sites is 1. The van der Waals surface area contributed by atoms with Gasteiger partial charge < -0.3 is 4.48 Å². The highest BCUT2D eigenvalue weighted by atomic mass is 32.1. The van der Waals surface area contributed by atoms with Gasteiger partial charge in [0.25, 0.3) is 0 Å². The van der Waals surface area contributed by atoms with Crippen molar-refractivity contribution < 1.29 is 0 Å². The van der Waals surface area contributed by atoms with Gasteiger partial charge in [-0.2, -0.15) is 0 Å². The summed E-state index contributed by atoms with van der Waals surface area (Å²) in [5.41, 5.74) is 5.14.